The van der Waals surface area contributed by atoms with Crippen molar-refractivity contribution in [1.82, 2.24) is 10.6 Å². The number of rotatable bonds is 10. The predicted octanol–water partition coefficient (Wildman–Crippen LogP) is 4.80. The Morgan fingerprint density at radius 2 is 1.51 bits per heavy atom. The van der Waals surface area contributed by atoms with Crippen LogP contribution in [0.1, 0.15) is 41.0 Å². The van der Waals surface area contributed by atoms with Gasteiger partial charge in [-0.2, -0.15) is 0 Å². The number of anilines is 1. The fourth-order valence-electron chi connectivity index (χ4n) is 3.09. The summed E-state index contributed by atoms with van der Waals surface area (Å²) in [5.41, 5.74) is 1.34. The number of carbonyl (C=O) groups excluding carboxylic acids is 2. The highest BCUT2D eigenvalue weighted by Crippen LogP contribution is 2.17. The lowest BCUT2D eigenvalue weighted by molar-refractivity contribution is 0.0938. The van der Waals surface area contributed by atoms with E-state index in [1.807, 2.05) is 44.2 Å². The van der Waals surface area contributed by atoms with Gasteiger partial charge in [0.1, 0.15) is 24.7 Å². The van der Waals surface area contributed by atoms with Gasteiger partial charge >= 0.3 is 0 Å². The minimum absolute atomic E-state index is 0.0432. The van der Waals surface area contributed by atoms with Crippen molar-refractivity contribution in [3.8, 4) is 11.5 Å². The minimum Gasteiger partial charge on any atom is -0.490 e. The molecule has 3 rings (SSSR count). The van der Waals surface area contributed by atoms with Gasteiger partial charge in [0.05, 0.1) is 11.3 Å². The average molecular weight is 492 g/mol. The van der Waals surface area contributed by atoms with E-state index in [0.717, 1.165) is 12.2 Å². The van der Waals surface area contributed by atoms with Crippen LogP contribution >= 0.6 is 12.2 Å². The summed E-state index contributed by atoms with van der Waals surface area (Å²) in [5, 5.41) is 8.61. The number of nitrogens with one attached hydrogen (secondary N) is 3. The highest BCUT2D eigenvalue weighted by Gasteiger charge is 2.15. The molecule has 0 radical (unpaired) electrons. The normalized spacial score (nSPS) is 11.1. The first-order valence-corrected chi connectivity index (χ1v) is 11.8. The molecule has 1 unspecified atom stereocenters. The number of para-hydroxylation sites is 2. The van der Waals surface area contributed by atoms with Crippen molar-refractivity contribution < 1.29 is 19.1 Å². The van der Waals surface area contributed by atoms with Crippen molar-refractivity contribution in [3.05, 3.63) is 90.0 Å². The van der Waals surface area contributed by atoms with E-state index in [4.69, 9.17) is 21.7 Å². The van der Waals surface area contributed by atoms with Gasteiger partial charge < -0.3 is 20.1 Å². The second kappa shape index (κ2) is 13.1. The Labute approximate surface area is 210 Å². The van der Waals surface area contributed by atoms with Crippen molar-refractivity contribution in [2.45, 2.75) is 26.3 Å². The number of hydrogen-bond acceptors (Lipinski definition) is 5. The van der Waals surface area contributed by atoms with Gasteiger partial charge in [0.25, 0.3) is 11.8 Å². The monoisotopic (exact) mass is 491 g/mol. The van der Waals surface area contributed by atoms with Crippen LogP contribution < -0.4 is 25.4 Å². The maximum atomic E-state index is 12.7. The highest BCUT2D eigenvalue weighted by molar-refractivity contribution is 7.80. The molecule has 7 nitrogen and oxygen atoms in total. The highest BCUT2D eigenvalue weighted by atomic mass is 32.1. The zero-order valence-electron chi connectivity index (χ0n) is 19.7. The van der Waals surface area contributed by atoms with Crippen molar-refractivity contribution in [2.24, 2.45) is 0 Å². The Morgan fingerprint density at radius 3 is 2.26 bits per heavy atom. The maximum absolute atomic E-state index is 12.7. The maximum Gasteiger partial charge on any atom is 0.257 e. The van der Waals surface area contributed by atoms with E-state index in [1.165, 1.54) is 0 Å². The Balaban J connectivity index is 1.53. The van der Waals surface area contributed by atoms with Gasteiger partial charge in [-0.1, -0.05) is 43.3 Å². The smallest absolute Gasteiger partial charge is 0.257 e. The van der Waals surface area contributed by atoms with Crippen LogP contribution in [0.3, 0.4) is 0 Å². The van der Waals surface area contributed by atoms with Crippen LogP contribution in [0, 0.1) is 0 Å². The van der Waals surface area contributed by atoms with Crippen LogP contribution in [0.25, 0.3) is 0 Å². The molecule has 0 saturated carbocycles. The third-order valence-corrected chi connectivity index (χ3v) is 5.30. The van der Waals surface area contributed by atoms with Gasteiger partial charge in [-0.25, -0.2) is 0 Å². The molecular weight excluding hydrogens is 462 g/mol. The van der Waals surface area contributed by atoms with Crippen molar-refractivity contribution in [3.63, 3.8) is 0 Å². The first-order chi connectivity index (χ1) is 17.0. The third-order valence-electron chi connectivity index (χ3n) is 5.10. The topological polar surface area (TPSA) is 88.7 Å². The minimum atomic E-state index is -0.393. The Hall–Kier alpha value is -3.91. The number of benzene rings is 3. The summed E-state index contributed by atoms with van der Waals surface area (Å²) >= 11 is 5.31. The lowest BCUT2D eigenvalue weighted by Crippen LogP contribution is -2.36. The molecule has 3 aromatic carbocycles. The number of carbonyl (C=O) groups is 2. The second-order valence-electron chi connectivity index (χ2n) is 7.77. The van der Waals surface area contributed by atoms with Crippen molar-refractivity contribution in [2.75, 3.05) is 18.5 Å². The van der Waals surface area contributed by atoms with E-state index in [1.54, 1.807) is 48.5 Å². The summed E-state index contributed by atoms with van der Waals surface area (Å²) in [7, 11) is 0. The van der Waals surface area contributed by atoms with Crippen LogP contribution in [0.5, 0.6) is 11.5 Å². The molecule has 0 saturated heterocycles. The third kappa shape index (κ3) is 8.12. The van der Waals surface area contributed by atoms with E-state index >= 15 is 0 Å². The van der Waals surface area contributed by atoms with E-state index in [0.29, 0.717) is 35.8 Å². The summed E-state index contributed by atoms with van der Waals surface area (Å²) < 4.78 is 11.3. The van der Waals surface area contributed by atoms with Gasteiger partial charge in [0, 0.05) is 11.6 Å². The molecule has 3 N–H and O–H groups in total. The SMILES string of the molecule is CCC(C)NC(=O)c1ccccc1NC(=S)NC(=O)c1cccc(OCCOc2ccccc2)c1. The van der Waals surface area contributed by atoms with Crippen molar-refractivity contribution >= 4 is 34.8 Å². The molecule has 1 atom stereocenters. The van der Waals surface area contributed by atoms with E-state index in [2.05, 4.69) is 16.0 Å². The largest absolute Gasteiger partial charge is 0.490 e. The Kier molecular flexibility index (Phi) is 9.62. The first kappa shape index (κ1) is 25.7. The summed E-state index contributed by atoms with van der Waals surface area (Å²) in [6.45, 7) is 4.64. The molecule has 0 aliphatic heterocycles. The summed E-state index contributed by atoms with van der Waals surface area (Å²) in [4.78, 5) is 25.3. The number of ether oxygens (including phenoxy) is 2. The quantitative estimate of drug-likeness (QED) is 0.279. The Bertz CT molecular complexity index is 1150. The summed E-state index contributed by atoms with van der Waals surface area (Å²) in [6, 6.07) is 23.3. The fraction of sp³-hybridized carbons (Fsp3) is 0.222. The molecule has 0 fully saturated rings. The predicted molar refractivity (Wildman–Crippen MR) is 141 cm³/mol. The molecule has 3 aromatic rings. The Morgan fingerprint density at radius 1 is 0.857 bits per heavy atom. The summed E-state index contributed by atoms with van der Waals surface area (Å²) in [5.74, 6) is 0.706. The van der Waals surface area contributed by atoms with Gasteiger partial charge in [0.2, 0.25) is 0 Å². The molecule has 2 amide bonds. The van der Waals surface area contributed by atoms with Crippen LogP contribution in [0.15, 0.2) is 78.9 Å². The number of hydrogen-bond donors (Lipinski definition) is 3. The van der Waals surface area contributed by atoms with Gasteiger partial charge in [-0.3, -0.25) is 14.9 Å². The standard InChI is InChI=1S/C27H29N3O4S/c1-3-19(2)28-26(32)23-14-7-8-15-24(23)29-27(35)30-25(31)20-10-9-13-22(18-20)34-17-16-33-21-11-5-4-6-12-21/h4-15,18-19H,3,16-17H2,1-2H3,(H,28,32)(H2,29,30,31,35). The number of amides is 2. The average Bonchev–Trinajstić information content (AvgIpc) is 2.87. The molecule has 0 heterocycles. The van der Waals surface area contributed by atoms with E-state index in [9.17, 15) is 9.59 Å². The second-order valence-corrected chi connectivity index (χ2v) is 8.18. The molecular formula is C27H29N3O4S. The molecule has 8 heteroatoms. The molecule has 0 aliphatic carbocycles. The number of thiocarbonyl (C=S) groups is 1. The van der Waals surface area contributed by atoms with E-state index < -0.39 is 5.91 Å². The zero-order chi connectivity index (χ0) is 25.0. The summed E-state index contributed by atoms with van der Waals surface area (Å²) in [6.07, 6.45) is 0.818. The first-order valence-electron chi connectivity index (χ1n) is 11.4. The lowest BCUT2D eigenvalue weighted by atomic mass is 10.1. The van der Waals surface area contributed by atoms with Gasteiger partial charge in [0.15, 0.2) is 5.11 Å². The molecule has 182 valence electrons. The van der Waals surface area contributed by atoms with Crippen molar-refractivity contribution in [1.29, 1.82) is 0 Å². The fourth-order valence-corrected chi connectivity index (χ4v) is 3.29. The van der Waals surface area contributed by atoms with Crippen LogP contribution in [-0.4, -0.2) is 36.2 Å². The zero-order valence-corrected chi connectivity index (χ0v) is 20.6. The molecule has 0 aromatic heterocycles. The van der Waals surface area contributed by atoms with Gasteiger partial charge in [-0.05, 0) is 68.0 Å². The molecule has 35 heavy (non-hydrogen) atoms. The van der Waals surface area contributed by atoms with Gasteiger partial charge in [-0.15, -0.1) is 0 Å². The lowest BCUT2D eigenvalue weighted by Gasteiger charge is -2.16. The molecule has 0 spiro atoms. The molecule has 0 aliphatic rings. The van der Waals surface area contributed by atoms with Crippen LogP contribution in [0.2, 0.25) is 0 Å². The van der Waals surface area contributed by atoms with Crippen LogP contribution in [0.4, 0.5) is 5.69 Å². The van der Waals surface area contributed by atoms with E-state index in [-0.39, 0.29) is 17.1 Å². The van der Waals surface area contributed by atoms with Crippen LogP contribution in [-0.2, 0) is 0 Å². The molecule has 0 bridgehead atoms.